The number of carbonyl (C=O) groups excluding carboxylic acids is 1. The molecule has 0 aliphatic heterocycles. The molecule has 1 aromatic heterocycles. The summed E-state index contributed by atoms with van der Waals surface area (Å²) < 4.78 is 0. The predicted octanol–water partition coefficient (Wildman–Crippen LogP) is 3.86. The smallest absolute Gasteiger partial charge is 0.408 e. The van der Waals surface area contributed by atoms with Gasteiger partial charge >= 0.3 is 6.09 Å². The van der Waals surface area contributed by atoms with Gasteiger partial charge in [0.25, 0.3) is 5.91 Å². The number of H-pyrrole nitrogens is 1. The fourth-order valence-electron chi connectivity index (χ4n) is 4.25. The summed E-state index contributed by atoms with van der Waals surface area (Å²) in [4.78, 5) is 29.4. The molecule has 4 N–H and O–H groups in total. The van der Waals surface area contributed by atoms with E-state index >= 15 is 0 Å². The van der Waals surface area contributed by atoms with Gasteiger partial charge in [0, 0.05) is 34.1 Å². The average molecular weight is 422 g/mol. The van der Waals surface area contributed by atoms with E-state index in [1.165, 1.54) is 4.90 Å². The van der Waals surface area contributed by atoms with E-state index in [1.54, 1.807) is 18.2 Å². The molecule has 158 valence electrons. The topological polar surface area (TPSA) is 106 Å². The van der Waals surface area contributed by atoms with Crippen molar-refractivity contribution in [2.45, 2.75) is 57.7 Å². The van der Waals surface area contributed by atoms with Crippen molar-refractivity contribution in [3.8, 4) is 0 Å². The Kier molecular flexibility index (Phi) is 6.10. The summed E-state index contributed by atoms with van der Waals surface area (Å²) >= 11 is 6.02. The fraction of sp³-hybridized carbons (Fsp3) is 0.524. The Morgan fingerprint density at radius 1 is 1.28 bits per heavy atom. The maximum absolute atomic E-state index is 12.9. The molecule has 0 unspecified atom stereocenters. The van der Waals surface area contributed by atoms with Crippen LogP contribution in [0.3, 0.4) is 0 Å². The summed E-state index contributed by atoms with van der Waals surface area (Å²) in [6, 6.07) is 6.34. The minimum absolute atomic E-state index is 0.0115. The number of hydrogen-bond acceptors (Lipinski definition) is 3. The second kappa shape index (κ2) is 8.24. The molecule has 0 saturated heterocycles. The fourth-order valence-corrected chi connectivity index (χ4v) is 4.43. The Hall–Kier alpha value is -2.25. The van der Waals surface area contributed by atoms with Gasteiger partial charge < -0.3 is 20.5 Å². The van der Waals surface area contributed by atoms with E-state index in [4.69, 9.17) is 11.6 Å². The third kappa shape index (κ3) is 4.67. The van der Waals surface area contributed by atoms with Gasteiger partial charge in [-0.2, -0.15) is 0 Å². The molecule has 0 radical (unpaired) electrons. The standard InChI is InChI=1S/C21H28ClN3O4/c1-21(2,3)25(20(28)29)18-8-12(11-26)4-6-16(18)24-19(27)17-10-13-9-14(22)5-7-15(13)23-17/h5,7,9-10,12,16,18,23,26H,4,6,8,11H2,1-3H3,(H,24,27)(H,28,29)/t12-,16+,18+/m0/s1. The van der Waals surface area contributed by atoms with Crippen LogP contribution in [0.2, 0.25) is 5.02 Å². The van der Waals surface area contributed by atoms with Crippen LogP contribution in [0.4, 0.5) is 4.79 Å². The molecule has 1 aromatic carbocycles. The second-order valence-corrected chi connectivity index (χ2v) is 9.18. The van der Waals surface area contributed by atoms with Crippen molar-refractivity contribution in [2.75, 3.05) is 6.61 Å². The zero-order chi connectivity index (χ0) is 21.3. The number of aliphatic hydroxyl groups excluding tert-OH is 1. The first-order chi connectivity index (χ1) is 13.6. The molecule has 1 heterocycles. The predicted molar refractivity (Wildman–Crippen MR) is 112 cm³/mol. The minimum Gasteiger partial charge on any atom is -0.465 e. The maximum Gasteiger partial charge on any atom is 0.408 e. The molecule has 3 atom stereocenters. The molecule has 2 amide bonds. The summed E-state index contributed by atoms with van der Waals surface area (Å²) in [6.07, 6.45) is 0.819. The molecule has 0 bridgehead atoms. The van der Waals surface area contributed by atoms with Crippen LogP contribution in [-0.2, 0) is 0 Å². The van der Waals surface area contributed by atoms with Gasteiger partial charge in [0.2, 0.25) is 0 Å². The molecule has 3 rings (SSSR count). The van der Waals surface area contributed by atoms with E-state index in [9.17, 15) is 19.8 Å². The number of aromatic amines is 1. The zero-order valence-electron chi connectivity index (χ0n) is 16.9. The summed E-state index contributed by atoms with van der Waals surface area (Å²) in [5.41, 5.74) is 0.583. The lowest BCUT2D eigenvalue weighted by molar-refractivity contribution is 0.0226. The average Bonchev–Trinajstić information content (AvgIpc) is 3.04. The second-order valence-electron chi connectivity index (χ2n) is 8.75. The van der Waals surface area contributed by atoms with Crippen LogP contribution in [0.5, 0.6) is 0 Å². The van der Waals surface area contributed by atoms with Gasteiger partial charge in [-0.3, -0.25) is 9.69 Å². The number of carbonyl (C=O) groups is 2. The van der Waals surface area contributed by atoms with E-state index in [0.717, 1.165) is 17.3 Å². The first-order valence-electron chi connectivity index (χ1n) is 9.82. The number of rotatable bonds is 4. The van der Waals surface area contributed by atoms with Crippen molar-refractivity contribution in [1.82, 2.24) is 15.2 Å². The van der Waals surface area contributed by atoms with E-state index in [0.29, 0.717) is 23.6 Å². The number of carboxylic acid groups (broad SMARTS) is 1. The lowest BCUT2D eigenvalue weighted by atomic mass is 9.80. The van der Waals surface area contributed by atoms with E-state index in [2.05, 4.69) is 10.3 Å². The molecular formula is C21H28ClN3O4. The summed E-state index contributed by atoms with van der Waals surface area (Å²) in [5.74, 6) is -0.262. The first-order valence-corrected chi connectivity index (χ1v) is 10.2. The summed E-state index contributed by atoms with van der Waals surface area (Å²) in [7, 11) is 0. The van der Waals surface area contributed by atoms with Gasteiger partial charge in [0.05, 0.1) is 6.04 Å². The molecule has 1 aliphatic carbocycles. The normalized spacial score (nSPS) is 22.4. The Bertz CT molecular complexity index is 905. The van der Waals surface area contributed by atoms with Crippen molar-refractivity contribution in [3.05, 3.63) is 35.0 Å². The van der Waals surface area contributed by atoms with E-state index in [1.807, 2.05) is 26.8 Å². The largest absolute Gasteiger partial charge is 0.465 e. The Balaban J connectivity index is 1.85. The number of nitrogens with one attached hydrogen (secondary N) is 2. The number of aliphatic hydroxyl groups is 1. The van der Waals surface area contributed by atoms with Crippen LogP contribution in [0.15, 0.2) is 24.3 Å². The molecule has 29 heavy (non-hydrogen) atoms. The van der Waals surface area contributed by atoms with Crippen LogP contribution in [0.25, 0.3) is 10.9 Å². The Morgan fingerprint density at radius 3 is 2.62 bits per heavy atom. The van der Waals surface area contributed by atoms with Gasteiger partial charge in [0.15, 0.2) is 0 Å². The highest BCUT2D eigenvalue weighted by molar-refractivity contribution is 6.31. The molecule has 1 fully saturated rings. The van der Waals surface area contributed by atoms with Crippen molar-refractivity contribution >= 4 is 34.5 Å². The number of hydrogen-bond donors (Lipinski definition) is 4. The minimum atomic E-state index is -1.03. The number of amides is 2. The highest BCUT2D eigenvalue weighted by Gasteiger charge is 2.42. The number of fused-ring (bicyclic) bond motifs is 1. The number of nitrogens with zero attached hydrogens (tertiary/aromatic N) is 1. The monoisotopic (exact) mass is 421 g/mol. The Morgan fingerprint density at radius 2 is 2.00 bits per heavy atom. The lowest BCUT2D eigenvalue weighted by Crippen LogP contribution is -2.61. The SMILES string of the molecule is CC(C)(C)N(C(=O)O)[C@@H]1C[C@@H](CO)CC[C@H]1NC(=O)c1cc2cc(Cl)ccc2[nH]1. The highest BCUT2D eigenvalue weighted by Crippen LogP contribution is 2.32. The van der Waals surface area contributed by atoms with Crippen molar-refractivity contribution in [1.29, 1.82) is 0 Å². The lowest BCUT2D eigenvalue weighted by Gasteiger charge is -2.46. The zero-order valence-corrected chi connectivity index (χ0v) is 17.7. The molecule has 7 nitrogen and oxygen atoms in total. The molecule has 8 heteroatoms. The third-order valence-corrected chi connectivity index (χ3v) is 5.82. The van der Waals surface area contributed by atoms with Crippen LogP contribution in [0, 0.1) is 5.92 Å². The van der Waals surface area contributed by atoms with E-state index < -0.39 is 17.7 Å². The maximum atomic E-state index is 12.9. The quantitative estimate of drug-likeness (QED) is 0.601. The van der Waals surface area contributed by atoms with E-state index in [-0.39, 0.29) is 24.5 Å². The van der Waals surface area contributed by atoms with Crippen molar-refractivity contribution < 1.29 is 19.8 Å². The molecule has 2 aromatic rings. The van der Waals surface area contributed by atoms with Gasteiger partial charge in [-0.05, 0) is 70.2 Å². The van der Waals surface area contributed by atoms with Gasteiger partial charge in [0.1, 0.15) is 5.69 Å². The molecule has 1 saturated carbocycles. The first kappa shape index (κ1) is 21.5. The molecule has 0 spiro atoms. The van der Waals surface area contributed by atoms with Crippen LogP contribution >= 0.6 is 11.6 Å². The number of benzene rings is 1. The van der Waals surface area contributed by atoms with Crippen LogP contribution in [-0.4, -0.2) is 56.3 Å². The van der Waals surface area contributed by atoms with Gasteiger partial charge in [-0.1, -0.05) is 11.6 Å². The molecule has 1 aliphatic rings. The van der Waals surface area contributed by atoms with Gasteiger partial charge in [-0.15, -0.1) is 0 Å². The summed E-state index contributed by atoms with van der Waals surface area (Å²) in [6.45, 7) is 5.52. The van der Waals surface area contributed by atoms with Crippen LogP contribution < -0.4 is 5.32 Å². The van der Waals surface area contributed by atoms with Crippen molar-refractivity contribution in [3.63, 3.8) is 0 Å². The molecular weight excluding hydrogens is 394 g/mol. The number of aromatic nitrogens is 1. The van der Waals surface area contributed by atoms with Gasteiger partial charge in [-0.25, -0.2) is 4.79 Å². The highest BCUT2D eigenvalue weighted by atomic mass is 35.5. The number of halogens is 1. The third-order valence-electron chi connectivity index (χ3n) is 5.59. The summed E-state index contributed by atoms with van der Waals surface area (Å²) in [5, 5.41) is 23.9. The van der Waals surface area contributed by atoms with Crippen molar-refractivity contribution in [2.24, 2.45) is 5.92 Å². The Labute approximate surface area is 175 Å². The van der Waals surface area contributed by atoms with Crippen LogP contribution in [0.1, 0.15) is 50.5 Å².